The number of aliphatic hydroxyl groups excluding tert-OH is 9. The van der Waals surface area contributed by atoms with Gasteiger partial charge in [0, 0.05) is 0 Å². The van der Waals surface area contributed by atoms with Crippen molar-refractivity contribution in [2.45, 2.75) is 407 Å². The molecule has 0 aliphatic carbocycles. The van der Waals surface area contributed by atoms with Crippen LogP contribution in [0.25, 0.3) is 0 Å². The summed E-state index contributed by atoms with van der Waals surface area (Å²) in [7, 11) is 0. The van der Waals surface area contributed by atoms with Gasteiger partial charge < -0.3 is 131 Å². The Hall–Kier alpha value is -6.93. The molecule has 9 N–H and O–H groups in total. The minimum absolute atomic E-state index is 0.00302. The van der Waals surface area contributed by atoms with E-state index in [0.717, 1.165) is 57.8 Å². The highest BCUT2D eigenvalue weighted by Gasteiger charge is 2.17. The topological polar surface area (TPSA) is 502 Å². The molecule has 0 heterocycles. The van der Waals surface area contributed by atoms with Crippen molar-refractivity contribution in [3.63, 3.8) is 0 Å². The zero-order chi connectivity index (χ0) is 109. The van der Waals surface area contributed by atoms with Crippen molar-refractivity contribution < 1.29 is 174 Å². The first-order valence-electron chi connectivity index (χ1n) is 54.5. The second-order valence-corrected chi connectivity index (χ2v) is 36.4. The molecule has 0 aromatic rings. The lowest BCUT2D eigenvalue weighted by Gasteiger charge is -2.11. The number of hydrogen-bond donors (Lipinski definition) is 9. The number of rotatable bonds is 80. The van der Waals surface area contributed by atoms with E-state index in [1.54, 1.807) is 0 Å². The average Bonchev–Trinajstić information content (AvgIpc) is 1.05. The molecule has 9 unspecified atom stereocenters. The molecule has 36 heteroatoms. The Morgan fingerprint density at radius 3 is 0.308 bits per heavy atom. The fourth-order valence-corrected chi connectivity index (χ4v) is 12.3. The van der Waals surface area contributed by atoms with E-state index >= 15 is 0 Å². The van der Waals surface area contributed by atoms with E-state index in [1.807, 2.05) is 0 Å². The number of carbonyl (C=O) groups is 9. The normalized spacial score (nSPS) is 12.2. The molecule has 0 bridgehead atoms. The van der Waals surface area contributed by atoms with Gasteiger partial charge in [0.2, 0.25) is 0 Å². The maximum absolute atomic E-state index is 10.9. The van der Waals surface area contributed by atoms with E-state index in [0.29, 0.717) is 113 Å². The van der Waals surface area contributed by atoms with E-state index in [9.17, 15) is 43.2 Å². The molecule has 0 aromatic heterocycles. The lowest BCUT2D eigenvalue weighted by molar-refractivity contribution is 0.0341. The molecule has 0 aliphatic rings. The van der Waals surface area contributed by atoms with Crippen LogP contribution < -0.4 is 0 Å². The van der Waals surface area contributed by atoms with Crippen molar-refractivity contribution in [3.8, 4) is 0 Å². The minimum Gasteiger partial charge on any atom is -0.434 e. The molecular formula is C107H214O36. The molecule has 0 aliphatic heterocycles. The Balaban J connectivity index is -0.000000202. The molecule has 0 aromatic carbocycles. The number of unbranched alkanes of at least 4 members (excludes halogenated alkanes) is 26. The van der Waals surface area contributed by atoms with E-state index in [-0.39, 0.29) is 119 Å². The third kappa shape index (κ3) is 148. The second kappa shape index (κ2) is 131. The van der Waals surface area contributed by atoms with Crippen molar-refractivity contribution in [3.05, 3.63) is 0 Å². The summed E-state index contributed by atoms with van der Waals surface area (Å²) in [6.07, 6.45) is 46.6. The standard InChI is InChI=1S/8C12H24O4.C11H22O4/c8*1-3-4-5-6-7-11(2)10-16-12(14)15-9-8-13;1-3-4-5-6-10(2)9-15-11(13)14-8-7-12/h8*11,13H,3-10H2,1-2H3;10,12H,3-9H2,1-2H3. The monoisotopic (exact) mass is 2080 g/mol. The van der Waals surface area contributed by atoms with Crippen LogP contribution >= 0.6 is 0 Å². The molecule has 0 amide bonds. The average molecular weight is 2080 g/mol. The number of carbonyl (C=O) groups excluding carboxylic acids is 9. The van der Waals surface area contributed by atoms with Crippen LogP contribution in [-0.4, -0.2) is 280 Å². The summed E-state index contributed by atoms with van der Waals surface area (Å²) in [5.74, 6) is 3.36. The van der Waals surface area contributed by atoms with Crippen LogP contribution in [0.5, 0.6) is 0 Å². The van der Waals surface area contributed by atoms with Crippen LogP contribution in [0.15, 0.2) is 0 Å². The Morgan fingerprint density at radius 2 is 0.224 bits per heavy atom. The van der Waals surface area contributed by atoms with Gasteiger partial charge in [-0.25, -0.2) is 43.2 Å². The predicted octanol–water partition coefficient (Wildman–Crippen LogP) is 24.3. The van der Waals surface area contributed by atoms with Crippen LogP contribution in [0.2, 0.25) is 0 Å². The summed E-state index contributed by atoms with van der Waals surface area (Å²) in [4.78, 5) is 98.3. The third-order valence-corrected chi connectivity index (χ3v) is 20.9. The van der Waals surface area contributed by atoms with Gasteiger partial charge in [0.1, 0.15) is 59.5 Å². The van der Waals surface area contributed by atoms with Crippen molar-refractivity contribution >= 4 is 55.4 Å². The zero-order valence-corrected chi connectivity index (χ0v) is 92.9. The molecule has 0 radical (unpaired) electrons. The lowest BCUT2D eigenvalue weighted by Crippen LogP contribution is -2.15. The van der Waals surface area contributed by atoms with Gasteiger partial charge in [-0.05, 0) is 111 Å². The summed E-state index contributed by atoms with van der Waals surface area (Å²) >= 11 is 0. The molecule has 0 saturated carbocycles. The molecule has 143 heavy (non-hydrogen) atoms. The maximum atomic E-state index is 10.9. The predicted molar refractivity (Wildman–Crippen MR) is 556 cm³/mol. The molecule has 858 valence electrons. The van der Waals surface area contributed by atoms with Gasteiger partial charge in [0.25, 0.3) is 0 Å². The molecule has 0 spiro atoms. The highest BCUT2D eigenvalue weighted by atomic mass is 16.8. The van der Waals surface area contributed by atoms with Crippen LogP contribution in [0, 0.1) is 53.3 Å². The quantitative estimate of drug-likeness (QED) is 0.0155. The van der Waals surface area contributed by atoms with Gasteiger partial charge in [-0.1, -0.05) is 349 Å². The third-order valence-electron chi connectivity index (χ3n) is 20.9. The van der Waals surface area contributed by atoms with E-state index in [2.05, 4.69) is 167 Å². The first kappa shape index (κ1) is 154. The van der Waals surface area contributed by atoms with E-state index < -0.39 is 55.4 Å². The summed E-state index contributed by atoms with van der Waals surface area (Å²) in [6, 6.07) is 0. The summed E-state index contributed by atoms with van der Waals surface area (Å²) in [5.41, 5.74) is 0. The van der Waals surface area contributed by atoms with Crippen molar-refractivity contribution in [1.29, 1.82) is 0 Å². The van der Waals surface area contributed by atoms with Gasteiger partial charge in [-0.2, -0.15) is 0 Å². The highest BCUT2D eigenvalue weighted by Crippen LogP contribution is 2.20. The molecule has 36 nitrogen and oxygen atoms in total. The van der Waals surface area contributed by atoms with Crippen molar-refractivity contribution in [1.82, 2.24) is 0 Å². The first-order chi connectivity index (χ1) is 68.8. The number of ether oxygens (including phenoxy) is 18. The minimum atomic E-state index is -0.689. The Labute approximate surface area is 864 Å². The van der Waals surface area contributed by atoms with Crippen molar-refractivity contribution in [2.24, 2.45) is 53.3 Å². The fourth-order valence-electron chi connectivity index (χ4n) is 12.3. The first-order valence-corrected chi connectivity index (χ1v) is 54.5. The Morgan fingerprint density at radius 1 is 0.140 bits per heavy atom. The van der Waals surface area contributed by atoms with E-state index in [1.165, 1.54) is 225 Å². The number of hydrogen-bond acceptors (Lipinski definition) is 36. The van der Waals surface area contributed by atoms with Crippen LogP contribution in [0.1, 0.15) is 407 Å². The molecular weight excluding hydrogens is 1860 g/mol. The molecule has 0 saturated heterocycles. The fraction of sp³-hybridized carbons (Fsp3) is 0.916. The molecule has 0 fully saturated rings. The van der Waals surface area contributed by atoms with E-state index in [4.69, 9.17) is 88.6 Å². The van der Waals surface area contributed by atoms with Gasteiger partial charge in [0.05, 0.1) is 119 Å². The zero-order valence-electron chi connectivity index (χ0n) is 92.9. The number of aliphatic hydroxyl groups is 9. The van der Waals surface area contributed by atoms with Gasteiger partial charge >= 0.3 is 55.4 Å². The SMILES string of the molecule is CCCCCC(C)COC(=O)OCCO.CCCCCCC(C)COC(=O)OCCO.CCCCCCC(C)COC(=O)OCCO.CCCCCCC(C)COC(=O)OCCO.CCCCCCC(C)COC(=O)OCCO.CCCCCCC(C)COC(=O)OCCO.CCCCCCC(C)COC(=O)OCCO.CCCCCCC(C)COC(=O)OCCO.CCCCCCC(C)COC(=O)OCCO. The molecule has 0 rings (SSSR count). The van der Waals surface area contributed by atoms with Gasteiger partial charge in [-0.3, -0.25) is 0 Å². The van der Waals surface area contributed by atoms with Gasteiger partial charge in [0.15, 0.2) is 0 Å². The largest absolute Gasteiger partial charge is 0.508 e. The van der Waals surface area contributed by atoms with Crippen LogP contribution in [0.4, 0.5) is 43.2 Å². The molecule has 9 atom stereocenters. The maximum Gasteiger partial charge on any atom is 0.508 e. The van der Waals surface area contributed by atoms with Crippen LogP contribution in [0.3, 0.4) is 0 Å². The lowest BCUT2D eigenvalue weighted by atomic mass is 10.0. The summed E-state index contributed by atoms with van der Waals surface area (Å²) < 4.78 is 85.1. The Kier molecular flexibility index (Phi) is 141. The highest BCUT2D eigenvalue weighted by molar-refractivity contribution is 5.62. The smallest absolute Gasteiger partial charge is 0.434 e. The Bertz CT molecular complexity index is 2140. The van der Waals surface area contributed by atoms with Crippen LogP contribution in [-0.2, 0) is 85.3 Å². The summed E-state index contributed by atoms with van der Waals surface area (Å²) in [6.45, 7) is 40.3. The van der Waals surface area contributed by atoms with Gasteiger partial charge in [-0.15, -0.1) is 0 Å². The second-order valence-electron chi connectivity index (χ2n) is 36.4. The van der Waals surface area contributed by atoms with Crippen molar-refractivity contribution in [2.75, 3.05) is 178 Å². The summed E-state index contributed by atoms with van der Waals surface area (Å²) in [5, 5.41) is 75.8.